The van der Waals surface area contributed by atoms with Crippen LogP contribution >= 0.6 is 12.0 Å². The third-order valence-corrected chi connectivity index (χ3v) is 4.84. The third-order valence-electron chi connectivity index (χ3n) is 4.24. The van der Waals surface area contributed by atoms with Crippen LogP contribution in [0.25, 0.3) is 0 Å². The monoisotopic (exact) mass is 307 g/mol. The summed E-state index contributed by atoms with van der Waals surface area (Å²) in [6.45, 7) is 0.899. The van der Waals surface area contributed by atoms with E-state index < -0.39 is 23.2 Å². The molecule has 0 aromatic carbocycles. The molecule has 112 valence electrons. The van der Waals surface area contributed by atoms with Gasteiger partial charge in [0.15, 0.2) is 0 Å². The summed E-state index contributed by atoms with van der Waals surface area (Å²) in [6, 6.07) is 0. The van der Waals surface area contributed by atoms with Crippen LogP contribution < -0.4 is 5.26 Å². The lowest BCUT2D eigenvalue weighted by atomic mass is 9.88. The van der Waals surface area contributed by atoms with Gasteiger partial charge in [0.25, 0.3) is 5.00 Å². The van der Waals surface area contributed by atoms with E-state index in [9.17, 15) is 19.2 Å². The number of rotatable bonds is 5. The number of carbonyl (C=O) groups is 2. The van der Waals surface area contributed by atoms with Crippen LogP contribution in [0.4, 0.5) is 4.39 Å². The van der Waals surface area contributed by atoms with Gasteiger partial charge in [0.1, 0.15) is 12.2 Å². The molecule has 3 aliphatic rings. The molecule has 0 radical (unpaired) electrons. The van der Waals surface area contributed by atoms with Gasteiger partial charge in [0.2, 0.25) is 0 Å². The first-order valence-corrected chi connectivity index (χ1v) is 6.93. The molecule has 0 aromatic rings. The zero-order chi connectivity index (χ0) is 14.5. The summed E-state index contributed by atoms with van der Waals surface area (Å²) in [5.74, 6) is -1.48. The maximum atomic E-state index is 13.9. The van der Waals surface area contributed by atoms with Crippen molar-refractivity contribution in [1.29, 1.82) is 0 Å². The average Bonchev–Trinajstić information content (AvgIpc) is 3.00. The zero-order valence-corrected chi connectivity index (χ0v) is 11.3. The van der Waals surface area contributed by atoms with Crippen molar-refractivity contribution < 1.29 is 38.1 Å². The summed E-state index contributed by atoms with van der Waals surface area (Å²) in [7, 11) is 0. The third kappa shape index (κ3) is 2.09. The Morgan fingerprint density at radius 2 is 2.30 bits per heavy atom. The lowest BCUT2D eigenvalue weighted by Crippen LogP contribution is -2.40. The van der Waals surface area contributed by atoms with E-state index in [4.69, 9.17) is 9.47 Å². The van der Waals surface area contributed by atoms with Gasteiger partial charge in [-0.15, -0.1) is 0 Å². The molecule has 6 unspecified atom stereocenters. The molecule has 20 heavy (non-hydrogen) atoms. The average molecular weight is 307 g/mol. The zero-order valence-electron chi connectivity index (χ0n) is 10.4. The first-order chi connectivity index (χ1) is 9.44. The van der Waals surface area contributed by atoms with Crippen molar-refractivity contribution in [3.8, 4) is 0 Å². The summed E-state index contributed by atoms with van der Waals surface area (Å²) in [5, 5.41) is 10.1. The van der Waals surface area contributed by atoms with Crippen LogP contribution in [0.15, 0.2) is 0 Å². The van der Waals surface area contributed by atoms with Gasteiger partial charge in [-0.05, 0) is 19.8 Å². The number of halogens is 1. The number of alkyl halides is 1. The fraction of sp³-hybridized carbons (Fsp3) is 0.818. The summed E-state index contributed by atoms with van der Waals surface area (Å²) in [4.78, 5) is 23.3. The van der Waals surface area contributed by atoms with E-state index in [-0.39, 0.29) is 35.8 Å². The van der Waals surface area contributed by atoms with Crippen molar-refractivity contribution in [2.45, 2.75) is 37.0 Å². The van der Waals surface area contributed by atoms with Crippen LogP contribution in [0.1, 0.15) is 19.8 Å². The van der Waals surface area contributed by atoms with Gasteiger partial charge < -0.3 is 14.7 Å². The SMILES string of the molecule is CC(F)(SOO[O-])C(=O)OC1C2CC3C(=O)OC1C3C2. The van der Waals surface area contributed by atoms with Crippen molar-refractivity contribution in [1.82, 2.24) is 0 Å². The Morgan fingerprint density at radius 1 is 1.55 bits per heavy atom. The van der Waals surface area contributed by atoms with Gasteiger partial charge >= 0.3 is 11.9 Å². The first kappa shape index (κ1) is 14.1. The second-order valence-electron chi connectivity index (χ2n) is 5.41. The second kappa shape index (κ2) is 4.83. The van der Waals surface area contributed by atoms with E-state index in [1.165, 1.54) is 0 Å². The molecule has 0 aromatic heterocycles. The van der Waals surface area contributed by atoms with Crippen LogP contribution in [0.3, 0.4) is 0 Å². The fourth-order valence-corrected chi connectivity index (χ4v) is 3.68. The Hall–Kier alpha value is -0.900. The van der Waals surface area contributed by atoms with E-state index in [2.05, 4.69) is 9.37 Å². The number of esters is 2. The standard InChI is InChI=1S/C11H13FO7S/c1-11(12,20-19-18-15)10(14)17-7-4-2-5-6(3-4)9(13)16-8(5)7/h4-8,15H,2-3H2,1H3/p-1. The van der Waals surface area contributed by atoms with Crippen molar-refractivity contribution in [3.63, 3.8) is 0 Å². The molecule has 0 amide bonds. The van der Waals surface area contributed by atoms with E-state index in [1.807, 2.05) is 0 Å². The maximum absolute atomic E-state index is 13.9. The molecule has 3 rings (SSSR count). The molecule has 2 aliphatic carbocycles. The van der Waals surface area contributed by atoms with Gasteiger partial charge in [0, 0.05) is 11.8 Å². The lowest BCUT2D eigenvalue weighted by Gasteiger charge is -2.27. The molecular formula is C11H12FO7S-. The Balaban J connectivity index is 1.64. The number of ether oxygens (including phenoxy) is 2. The predicted molar refractivity (Wildman–Crippen MR) is 58.7 cm³/mol. The molecule has 1 aliphatic heterocycles. The molecule has 2 saturated carbocycles. The molecule has 0 N–H and O–H groups in total. The highest BCUT2D eigenvalue weighted by Crippen LogP contribution is 2.55. The Bertz CT molecular complexity index is 442. The first-order valence-electron chi connectivity index (χ1n) is 6.19. The topological polar surface area (TPSA) is 94.1 Å². The highest BCUT2D eigenvalue weighted by Gasteiger charge is 2.63. The van der Waals surface area contributed by atoms with Crippen molar-refractivity contribution in [3.05, 3.63) is 0 Å². The number of hydrogen-bond donors (Lipinski definition) is 0. The maximum Gasteiger partial charge on any atom is 0.357 e. The minimum Gasteiger partial charge on any atom is -0.691 e. The van der Waals surface area contributed by atoms with Gasteiger partial charge in [-0.25, -0.2) is 9.18 Å². The smallest absolute Gasteiger partial charge is 0.357 e. The summed E-state index contributed by atoms with van der Waals surface area (Å²) in [5.41, 5.74) is 0. The van der Waals surface area contributed by atoms with Gasteiger partial charge in [-0.3, -0.25) is 9.83 Å². The van der Waals surface area contributed by atoms with Crippen LogP contribution in [-0.4, -0.2) is 29.1 Å². The highest BCUT2D eigenvalue weighted by molar-refractivity contribution is 7.96. The Labute approximate surface area is 117 Å². The number of carbonyl (C=O) groups excluding carboxylic acids is 2. The van der Waals surface area contributed by atoms with Gasteiger partial charge in [0.05, 0.1) is 18.0 Å². The summed E-state index contributed by atoms with van der Waals surface area (Å²) < 4.78 is 28.1. The van der Waals surface area contributed by atoms with Crippen LogP contribution in [0, 0.1) is 17.8 Å². The molecule has 2 bridgehead atoms. The van der Waals surface area contributed by atoms with Crippen LogP contribution in [0.5, 0.6) is 0 Å². The van der Waals surface area contributed by atoms with Crippen molar-refractivity contribution >= 4 is 24.0 Å². The summed E-state index contributed by atoms with van der Waals surface area (Å²) in [6.07, 6.45) is 0.246. The number of fused-ring (bicyclic) bond motifs is 1. The van der Waals surface area contributed by atoms with Crippen molar-refractivity contribution in [2.24, 2.45) is 17.8 Å². The lowest BCUT2D eigenvalue weighted by molar-refractivity contribution is -0.777. The Kier molecular flexibility index (Phi) is 3.39. The quantitative estimate of drug-likeness (QED) is 0.304. The van der Waals surface area contributed by atoms with E-state index in [0.717, 1.165) is 13.3 Å². The molecule has 1 saturated heterocycles. The minimum atomic E-state index is -2.58. The van der Waals surface area contributed by atoms with E-state index in [1.54, 1.807) is 0 Å². The molecule has 0 spiro atoms. The van der Waals surface area contributed by atoms with E-state index in [0.29, 0.717) is 6.42 Å². The molecule has 1 heterocycles. The summed E-state index contributed by atoms with van der Waals surface area (Å²) >= 11 is -0.0737. The molecule has 9 heteroatoms. The molecule has 7 nitrogen and oxygen atoms in total. The molecule has 6 atom stereocenters. The second-order valence-corrected chi connectivity index (χ2v) is 6.48. The highest BCUT2D eigenvalue weighted by atomic mass is 32.2. The fourth-order valence-electron chi connectivity index (χ4n) is 3.41. The minimum absolute atomic E-state index is 0.0166. The predicted octanol–water partition coefficient (Wildman–Crippen LogP) is 0.0370. The van der Waals surface area contributed by atoms with Gasteiger partial charge in [-0.2, -0.15) is 4.33 Å². The van der Waals surface area contributed by atoms with Gasteiger partial charge in [-0.1, -0.05) is 0 Å². The normalized spacial score (nSPS) is 40.5. The molecule has 3 fully saturated rings. The Morgan fingerprint density at radius 3 is 3.00 bits per heavy atom. The van der Waals surface area contributed by atoms with E-state index >= 15 is 0 Å². The van der Waals surface area contributed by atoms with Crippen LogP contribution in [0.2, 0.25) is 0 Å². The largest absolute Gasteiger partial charge is 0.691 e. The van der Waals surface area contributed by atoms with Crippen molar-refractivity contribution in [2.75, 3.05) is 0 Å². The van der Waals surface area contributed by atoms with Crippen LogP contribution in [-0.2, 0) is 28.4 Å². The molecular weight excluding hydrogens is 295 g/mol. The number of hydrogen-bond acceptors (Lipinski definition) is 8.